The zero-order valence-corrected chi connectivity index (χ0v) is 14.9. The molecule has 0 atom stereocenters. The van der Waals surface area contributed by atoms with Gasteiger partial charge in [0.2, 0.25) is 0 Å². The lowest BCUT2D eigenvalue weighted by Crippen LogP contribution is -1.98. The second-order valence-electron chi connectivity index (χ2n) is 5.65. The topological polar surface area (TPSA) is 47.1 Å². The number of ether oxygens (including phenoxy) is 2. The van der Waals surface area contributed by atoms with Crippen molar-refractivity contribution in [1.82, 2.24) is 9.97 Å². The molecule has 3 rings (SSSR count). The summed E-state index contributed by atoms with van der Waals surface area (Å²) in [7, 11) is 1.66. The van der Waals surface area contributed by atoms with Gasteiger partial charge in [0, 0.05) is 11.8 Å². The van der Waals surface area contributed by atoms with Crippen molar-refractivity contribution in [2.45, 2.75) is 24.9 Å². The van der Waals surface area contributed by atoms with Crippen molar-refractivity contribution in [3.8, 4) is 11.5 Å². The van der Waals surface area contributed by atoms with Crippen LogP contribution in [0.3, 0.4) is 0 Å². The molecule has 0 spiro atoms. The quantitative estimate of drug-likeness (QED) is 0.470. The number of methoxy groups -OCH3 is 1. The van der Waals surface area contributed by atoms with Gasteiger partial charge in [-0.25, -0.2) is 4.98 Å². The van der Waals surface area contributed by atoms with Crippen molar-refractivity contribution in [3.63, 3.8) is 0 Å². The molecule has 0 radical (unpaired) electrons. The molecule has 0 aliphatic carbocycles. The molecule has 0 bridgehead atoms. The third-order valence-corrected chi connectivity index (χ3v) is 4.66. The van der Waals surface area contributed by atoms with Gasteiger partial charge in [-0.15, -0.1) is 0 Å². The highest BCUT2D eigenvalue weighted by atomic mass is 32.2. The molecule has 0 aliphatic heterocycles. The third-order valence-electron chi connectivity index (χ3n) is 3.70. The molecule has 0 unspecified atom stereocenters. The van der Waals surface area contributed by atoms with Crippen LogP contribution in [0, 0.1) is 6.92 Å². The van der Waals surface area contributed by atoms with E-state index in [0.29, 0.717) is 6.61 Å². The highest BCUT2D eigenvalue weighted by Crippen LogP contribution is 2.22. The number of aryl methyl sites for hydroxylation is 1. The summed E-state index contributed by atoms with van der Waals surface area (Å²) in [5.74, 6) is 2.71. The van der Waals surface area contributed by atoms with Gasteiger partial charge in [-0.05, 0) is 49.6 Å². The Balaban J connectivity index is 1.38. The van der Waals surface area contributed by atoms with E-state index >= 15 is 0 Å². The molecule has 24 heavy (non-hydrogen) atoms. The predicted molar refractivity (Wildman–Crippen MR) is 99.3 cm³/mol. The fourth-order valence-electron chi connectivity index (χ4n) is 2.42. The number of fused-ring (bicyclic) bond motifs is 1. The van der Waals surface area contributed by atoms with Crippen LogP contribution >= 0.6 is 11.8 Å². The number of nitrogens with zero attached hydrogens (tertiary/aromatic N) is 1. The van der Waals surface area contributed by atoms with Crippen molar-refractivity contribution in [2.24, 2.45) is 0 Å². The maximum atomic E-state index is 5.75. The van der Waals surface area contributed by atoms with Gasteiger partial charge < -0.3 is 14.5 Å². The SMILES string of the molecule is COc1cccc(OCCCCSc2nc3ccc(C)cc3[nH]2)c1. The molecule has 3 aromatic rings. The normalized spacial score (nSPS) is 10.9. The second kappa shape index (κ2) is 8.11. The number of hydrogen-bond acceptors (Lipinski definition) is 4. The van der Waals surface area contributed by atoms with Crippen molar-refractivity contribution in [2.75, 3.05) is 19.5 Å². The Hall–Kier alpha value is -2.14. The summed E-state index contributed by atoms with van der Waals surface area (Å²) < 4.78 is 10.9. The summed E-state index contributed by atoms with van der Waals surface area (Å²) in [6.45, 7) is 2.81. The van der Waals surface area contributed by atoms with Gasteiger partial charge in [-0.3, -0.25) is 0 Å². The fourth-order valence-corrected chi connectivity index (χ4v) is 3.31. The molecule has 0 saturated carbocycles. The van der Waals surface area contributed by atoms with E-state index < -0.39 is 0 Å². The summed E-state index contributed by atoms with van der Waals surface area (Å²) >= 11 is 1.76. The summed E-state index contributed by atoms with van der Waals surface area (Å²) in [5, 5.41) is 0.990. The molecule has 4 nitrogen and oxygen atoms in total. The number of aromatic nitrogens is 2. The highest BCUT2D eigenvalue weighted by molar-refractivity contribution is 7.99. The Labute approximate surface area is 146 Å². The molecule has 0 amide bonds. The Morgan fingerprint density at radius 1 is 1.08 bits per heavy atom. The Kier molecular flexibility index (Phi) is 5.64. The number of thioether (sulfide) groups is 1. The van der Waals surface area contributed by atoms with E-state index in [1.165, 1.54) is 5.56 Å². The van der Waals surface area contributed by atoms with E-state index in [9.17, 15) is 0 Å². The van der Waals surface area contributed by atoms with Crippen molar-refractivity contribution in [1.29, 1.82) is 0 Å². The molecule has 126 valence electrons. The number of H-pyrrole nitrogens is 1. The maximum Gasteiger partial charge on any atom is 0.166 e. The van der Waals surface area contributed by atoms with E-state index in [-0.39, 0.29) is 0 Å². The number of unbranched alkanes of at least 4 members (excludes halogenated alkanes) is 1. The van der Waals surface area contributed by atoms with Gasteiger partial charge in [0.05, 0.1) is 24.8 Å². The molecule has 0 fully saturated rings. The van der Waals surface area contributed by atoms with Crippen molar-refractivity contribution in [3.05, 3.63) is 48.0 Å². The van der Waals surface area contributed by atoms with Gasteiger partial charge in [0.25, 0.3) is 0 Å². The number of hydrogen-bond donors (Lipinski definition) is 1. The summed E-state index contributed by atoms with van der Waals surface area (Å²) in [4.78, 5) is 7.97. The number of nitrogens with one attached hydrogen (secondary N) is 1. The minimum Gasteiger partial charge on any atom is -0.497 e. The molecule has 2 aromatic carbocycles. The highest BCUT2D eigenvalue weighted by Gasteiger charge is 2.03. The van der Waals surface area contributed by atoms with E-state index in [1.807, 2.05) is 24.3 Å². The molecule has 5 heteroatoms. The number of benzene rings is 2. The first-order valence-corrected chi connectivity index (χ1v) is 9.09. The van der Waals surface area contributed by atoms with Crippen LogP contribution in [0.4, 0.5) is 0 Å². The minimum atomic E-state index is 0.715. The fraction of sp³-hybridized carbons (Fsp3) is 0.316. The summed E-state index contributed by atoms with van der Waals surface area (Å²) in [5.41, 5.74) is 3.39. The molecular formula is C19H22N2O2S. The van der Waals surface area contributed by atoms with Crippen LogP contribution in [0.1, 0.15) is 18.4 Å². The molecule has 1 N–H and O–H groups in total. The lowest BCUT2D eigenvalue weighted by Gasteiger charge is -2.07. The van der Waals surface area contributed by atoms with Gasteiger partial charge in [-0.1, -0.05) is 23.9 Å². The van der Waals surface area contributed by atoms with Crippen LogP contribution in [-0.2, 0) is 0 Å². The van der Waals surface area contributed by atoms with Crippen LogP contribution in [0.5, 0.6) is 11.5 Å². The van der Waals surface area contributed by atoms with E-state index in [1.54, 1.807) is 18.9 Å². The van der Waals surface area contributed by atoms with Gasteiger partial charge >= 0.3 is 0 Å². The smallest absolute Gasteiger partial charge is 0.166 e. The Morgan fingerprint density at radius 3 is 2.83 bits per heavy atom. The Morgan fingerprint density at radius 2 is 1.96 bits per heavy atom. The average Bonchev–Trinajstić information content (AvgIpc) is 3.00. The molecular weight excluding hydrogens is 320 g/mol. The number of aromatic amines is 1. The molecule has 0 saturated heterocycles. The van der Waals surface area contributed by atoms with E-state index in [2.05, 4.69) is 35.1 Å². The molecule has 1 heterocycles. The lowest BCUT2D eigenvalue weighted by molar-refractivity contribution is 0.307. The second-order valence-corrected chi connectivity index (χ2v) is 6.73. The van der Waals surface area contributed by atoms with Crippen LogP contribution < -0.4 is 9.47 Å². The zero-order valence-electron chi connectivity index (χ0n) is 14.0. The van der Waals surface area contributed by atoms with Crippen molar-refractivity contribution < 1.29 is 9.47 Å². The van der Waals surface area contributed by atoms with Crippen molar-refractivity contribution >= 4 is 22.8 Å². The average molecular weight is 342 g/mol. The first-order chi connectivity index (χ1) is 11.7. The third kappa shape index (κ3) is 4.45. The zero-order chi connectivity index (χ0) is 16.8. The monoisotopic (exact) mass is 342 g/mol. The number of rotatable bonds is 8. The first kappa shape index (κ1) is 16.7. The summed E-state index contributed by atoms with van der Waals surface area (Å²) in [6, 6.07) is 14.0. The number of imidazole rings is 1. The maximum absolute atomic E-state index is 5.75. The van der Waals surface area contributed by atoms with Gasteiger partial charge in [0.15, 0.2) is 5.16 Å². The van der Waals surface area contributed by atoms with Gasteiger partial charge in [-0.2, -0.15) is 0 Å². The van der Waals surface area contributed by atoms with Crippen LogP contribution in [0.25, 0.3) is 11.0 Å². The molecule has 0 aliphatic rings. The van der Waals surface area contributed by atoms with Crippen LogP contribution in [0.2, 0.25) is 0 Å². The molecule has 1 aromatic heterocycles. The van der Waals surface area contributed by atoms with E-state index in [4.69, 9.17) is 9.47 Å². The predicted octanol–water partition coefficient (Wildman–Crippen LogP) is 4.83. The van der Waals surface area contributed by atoms with Gasteiger partial charge in [0.1, 0.15) is 11.5 Å². The lowest BCUT2D eigenvalue weighted by atomic mass is 10.2. The van der Waals surface area contributed by atoms with Crippen LogP contribution in [-0.4, -0.2) is 29.4 Å². The van der Waals surface area contributed by atoms with E-state index in [0.717, 1.165) is 46.3 Å². The first-order valence-electron chi connectivity index (χ1n) is 8.10. The standard InChI is InChI=1S/C19H22N2O2S/c1-14-8-9-17-18(12-14)21-19(20-17)24-11-4-3-10-23-16-7-5-6-15(13-16)22-2/h5-9,12-13H,3-4,10-11H2,1-2H3,(H,20,21). The largest absolute Gasteiger partial charge is 0.497 e. The summed E-state index contributed by atoms with van der Waals surface area (Å²) in [6.07, 6.45) is 2.11. The Bertz CT molecular complexity index is 801. The minimum absolute atomic E-state index is 0.715. The van der Waals surface area contributed by atoms with Crippen LogP contribution in [0.15, 0.2) is 47.6 Å².